The average Bonchev–Trinajstić information content (AvgIpc) is 3.16. The second kappa shape index (κ2) is 8.22. The molecule has 8 heteroatoms. The zero-order valence-corrected chi connectivity index (χ0v) is 18.6. The molecule has 1 atom stereocenters. The van der Waals surface area contributed by atoms with E-state index in [1.807, 2.05) is 0 Å². The van der Waals surface area contributed by atoms with Crippen molar-refractivity contribution in [3.05, 3.63) is 93.6 Å². The molecule has 5 rings (SSSR count). The van der Waals surface area contributed by atoms with Gasteiger partial charge in [0.1, 0.15) is 11.4 Å². The Morgan fingerprint density at radius 3 is 2.15 bits per heavy atom. The van der Waals surface area contributed by atoms with Gasteiger partial charge in [0.15, 0.2) is 16.9 Å². The largest absolute Gasteiger partial charge is 0.493 e. The molecule has 0 spiro atoms. The maximum atomic E-state index is 13.7. The lowest BCUT2D eigenvalue weighted by molar-refractivity contribution is 0.0971. The molecule has 2 heterocycles. The molecule has 1 aromatic heterocycles. The number of fused-ring (bicyclic) bond motifs is 2. The number of carbonyl (C=O) groups is 1. The number of nitrogens with zero attached hydrogens (tertiary/aromatic N) is 1. The molecule has 7 nitrogen and oxygen atoms in total. The van der Waals surface area contributed by atoms with Gasteiger partial charge in [-0.15, -0.1) is 0 Å². The van der Waals surface area contributed by atoms with Crippen molar-refractivity contribution in [2.45, 2.75) is 6.04 Å². The van der Waals surface area contributed by atoms with E-state index < -0.39 is 17.8 Å². The van der Waals surface area contributed by atoms with Crippen LogP contribution < -0.4 is 24.5 Å². The SMILES string of the molecule is COc1cc(C2c3c(oc4ccccc4c3=O)C(=O)N2c2ccc(F)cc2)cc(OC)c1OC. The van der Waals surface area contributed by atoms with Gasteiger partial charge in [-0.2, -0.15) is 0 Å². The van der Waals surface area contributed by atoms with Crippen LogP contribution in [0.3, 0.4) is 0 Å². The van der Waals surface area contributed by atoms with E-state index in [9.17, 15) is 14.0 Å². The van der Waals surface area contributed by atoms with Crippen LogP contribution in [0.4, 0.5) is 10.1 Å². The van der Waals surface area contributed by atoms with Crippen LogP contribution in [0.5, 0.6) is 17.2 Å². The molecule has 0 saturated heterocycles. The minimum absolute atomic E-state index is 0.0632. The van der Waals surface area contributed by atoms with Crippen molar-refractivity contribution in [1.29, 1.82) is 0 Å². The Labute approximate surface area is 193 Å². The summed E-state index contributed by atoms with van der Waals surface area (Å²) in [6, 6.07) is 14.7. The third-order valence-electron chi connectivity index (χ3n) is 5.89. The maximum absolute atomic E-state index is 13.7. The van der Waals surface area contributed by atoms with E-state index >= 15 is 0 Å². The van der Waals surface area contributed by atoms with Gasteiger partial charge in [0, 0.05) is 5.69 Å². The van der Waals surface area contributed by atoms with Crippen LogP contribution in [0.2, 0.25) is 0 Å². The second-order valence-corrected chi connectivity index (χ2v) is 7.68. The van der Waals surface area contributed by atoms with E-state index in [1.54, 1.807) is 36.4 Å². The van der Waals surface area contributed by atoms with Crippen molar-refractivity contribution in [2.75, 3.05) is 26.2 Å². The average molecular weight is 461 g/mol. The Bertz CT molecular complexity index is 1450. The summed E-state index contributed by atoms with van der Waals surface area (Å²) >= 11 is 0. The summed E-state index contributed by atoms with van der Waals surface area (Å²) in [6.45, 7) is 0. The van der Waals surface area contributed by atoms with Crippen molar-refractivity contribution in [3.63, 3.8) is 0 Å². The Morgan fingerprint density at radius 1 is 0.882 bits per heavy atom. The molecule has 0 saturated carbocycles. The topological polar surface area (TPSA) is 78.2 Å². The van der Waals surface area contributed by atoms with Gasteiger partial charge in [-0.25, -0.2) is 4.39 Å². The van der Waals surface area contributed by atoms with Crippen LogP contribution in [-0.2, 0) is 0 Å². The molecule has 0 bridgehead atoms. The van der Waals surface area contributed by atoms with E-state index in [0.717, 1.165) is 0 Å². The molecule has 1 aliphatic rings. The summed E-state index contributed by atoms with van der Waals surface area (Å²) in [5.41, 5.74) is 1.11. The van der Waals surface area contributed by atoms with Crippen molar-refractivity contribution in [3.8, 4) is 17.2 Å². The minimum atomic E-state index is -0.873. The third-order valence-corrected chi connectivity index (χ3v) is 5.89. The molecule has 0 N–H and O–H groups in total. The number of hydrogen-bond donors (Lipinski definition) is 0. The summed E-state index contributed by atoms with van der Waals surface area (Å²) in [4.78, 5) is 28.6. The number of amides is 1. The zero-order valence-electron chi connectivity index (χ0n) is 18.6. The summed E-state index contributed by atoms with van der Waals surface area (Å²) in [5.74, 6) is 0.0771. The Kier molecular flexibility index (Phi) is 5.20. The van der Waals surface area contributed by atoms with Crippen LogP contribution in [0.1, 0.15) is 27.7 Å². The van der Waals surface area contributed by atoms with E-state index in [2.05, 4.69) is 0 Å². The number of halogens is 1. The van der Waals surface area contributed by atoms with Crippen molar-refractivity contribution >= 4 is 22.6 Å². The standard InChI is InChI=1S/C26H20FNO6/c1-31-19-12-14(13-20(32-2)24(19)33-3)22-21-23(29)17-6-4-5-7-18(17)34-25(21)26(30)28(22)16-10-8-15(27)9-11-16/h4-13,22H,1-3H3. The van der Waals surface area contributed by atoms with Gasteiger partial charge in [-0.1, -0.05) is 12.1 Å². The maximum Gasteiger partial charge on any atom is 0.295 e. The fourth-order valence-corrected chi connectivity index (χ4v) is 4.36. The molecule has 3 aromatic carbocycles. The molecule has 1 amide bonds. The molecule has 0 fully saturated rings. The summed E-state index contributed by atoms with van der Waals surface area (Å²) in [7, 11) is 4.45. The number of hydrogen-bond acceptors (Lipinski definition) is 6. The first-order valence-corrected chi connectivity index (χ1v) is 10.4. The Balaban J connectivity index is 1.83. The van der Waals surface area contributed by atoms with Gasteiger partial charge in [0.05, 0.1) is 38.3 Å². The number of ether oxygens (including phenoxy) is 3. The fourth-order valence-electron chi connectivity index (χ4n) is 4.36. The lowest BCUT2D eigenvalue weighted by Crippen LogP contribution is -2.29. The number of rotatable bonds is 5. The number of para-hydroxylation sites is 1. The highest BCUT2D eigenvalue weighted by atomic mass is 19.1. The first kappa shape index (κ1) is 21.5. The second-order valence-electron chi connectivity index (χ2n) is 7.68. The molecule has 34 heavy (non-hydrogen) atoms. The van der Waals surface area contributed by atoms with Gasteiger partial charge in [0.25, 0.3) is 5.91 Å². The Morgan fingerprint density at radius 2 is 1.53 bits per heavy atom. The quantitative estimate of drug-likeness (QED) is 0.429. The predicted octanol–water partition coefficient (Wildman–Crippen LogP) is 4.71. The number of methoxy groups -OCH3 is 3. The predicted molar refractivity (Wildman–Crippen MR) is 124 cm³/mol. The first-order valence-electron chi connectivity index (χ1n) is 10.4. The highest BCUT2D eigenvalue weighted by Gasteiger charge is 2.44. The molecule has 0 aliphatic carbocycles. The molecule has 172 valence electrons. The molecular weight excluding hydrogens is 441 g/mol. The van der Waals surface area contributed by atoms with Gasteiger partial charge in [-0.05, 0) is 54.1 Å². The van der Waals surface area contributed by atoms with E-state index in [1.165, 1.54) is 50.5 Å². The van der Waals surface area contributed by atoms with Crippen LogP contribution in [0.25, 0.3) is 11.0 Å². The van der Waals surface area contributed by atoms with Crippen LogP contribution in [0.15, 0.2) is 69.9 Å². The monoisotopic (exact) mass is 461 g/mol. The van der Waals surface area contributed by atoms with Crippen LogP contribution >= 0.6 is 0 Å². The lowest BCUT2D eigenvalue weighted by atomic mass is 9.97. The van der Waals surface area contributed by atoms with Crippen LogP contribution in [0, 0.1) is 5.82 Å². The van der Waals surface area contributed by atoms with Crippen LogP contribution in [-0.4, -0.2) is 27.2 Å². The highest BCUT2D eigenvalue weighted by Crippen LogP contribution is 2.46. The van der Waals surface area contributed by atoms with Gasteiger partial charge >= 0.3 is 0 Å². The van der Waals surface area contributed by atoms with Gasteiger partial charge < -0.3 is 18.6 Å². The molecule has 0 radical (unpaired) electrons. The molecule has 1 unspecified atom stereocenters. The van der Waals surface area contributed by atoms with E-state index in [-0.39, 0.29) is 16.8 Å². The third kappa shape index (κ3) is 3.18. The van der Waals surface area contributed by atoms with E-state index in [0.29, 0.717) is 39.5 Å². The first-order chi connectivity index (χ1) is 16.5. The molecule has 1 aliphatic heterocycles. The summed E-state index contributed by atoms with van der Waals surface area (Å²) < 4.78 is 36.0. The minimum Gasteiger partial charge on any atom is -0.493 e. The summed E-state index contributed by atoms with van der Waals surface area (Å²) in [5, 5.41) is 0.354. The van der Waals surface area contributed by atoms with Gasteiger partial charge in [-0.3, -0.25) is 14.5 Å². The summed E-state index contributed by atoms with van der Waals surface area (Å²) in [6.07, 6.45) is 0. The number of carbonyl (C=O) groups excluding carboxylic acids is 1. The molecule has 4 aromatic rings. The van der Waals surface area contributed by atoms with Crippen molar-refractivity contribution in [1.82, 2.24) is 0 Å². The Hall–Kier alpha value is -4.33. The van der Waals surface area contributed by atoms with E-state index in [4.69, 9.17) is 18.6 Å². The normalized spacial score (nSPS) is 14.9. The number of anilines is 1. The van der Waals surface area contributed by atoms with Gasteiger partial charge in [0.2, 0.25) is 11.5 Å². The zero-order chi connectivity index (χ0) is 24.0. The van der Waals surface area contributed by atoms with Crippen molar-refractivity contribution < 1.29 is 27.8 Å². The highest BCUT2D eigenvalue weighted by molar-refractivity contribution is 6.10. The van der Waals surface area contributed by atoms with Crippen molar-refractivity contribution in [2.24, 2.45) is 0 Å². The fraction of sp³-hybridized carbons (Fsp3) is 0.154. The number of benzene rings is 3. The molecular formula is C26H20FNO6. The lowest BCUT2D eigenvalue weighted by Gasteiger charge is -2.26. The smallest absolute Gasteiger partial charge is 0.295 e.